The Morgan fingerprint density at radius 2 is 2.00 bits per heavy atom. The number of furan rings is 1. The van der Waals surface area contributed by atoms with Crippen LogP contribution < -0.4 is 5.32 Å². The number of nitrogens with one attached hydrogen (secondary N) is 1. The number of aromatic nitrogens is 3. The summed E-state index contributed by atoms with van der Waals surface area (Å²) in [5.41, 5.74) is 1.52. The summed E-state index contributed by atoms with van der Waals surface area (Å²) in [5.74, 6) is 0.422. The third-order valence-electron chi connectivity index (χ3n) is 3.84. The minimum Gasteiger partial charge on any atom is -0.457 e. The molecule has 1 amide bonds. The van der Waals surface area contributed by atoms with Crippen LogP contribution in [0.3, 0.4) is 0 Å². The van der Waals surface area contributed by atoms with Crippen molar-refractivity contribution in [3.63, 3.8) is 0 Å². The van der Waals surface area contributed by atoms with E-state index in [1.807, 2.05) is 66.2 Å². The lowest BCUT2D eigenvalue weighted by atomic mass is 10.2. The molecule has 4 aromatic rings. The first-order valence-corrected chi connectivity index (χ1v) is 9.08. The van der Waals surface area contributed by atoms with Crippen LogP contribution in [0.15, 0.2) is 81.5 Å². The van der Waals surface area contributed by atoms with Crippen LogP contribution in [0.25, 0.3) is 17.0 Å². The zero-order valence-corrected chi connectivity index (χ0v) is 15.3. The predicted octanol–water partition coefficient (Wildman–Crippen LogP) is 4.36. The molecule has 0 fully saturated rings. The summed E-state index contributed by atoms with van der Waals surface area (Å²) >= 11 is 1.51. The molecule has 0 saturated heterocycles. The predicted molar refractivity (Wildman–Crippen MR) is 105 cm³/mol. The molecule has 0 aliphatic carbocycles. The maximum absolute atomic E-state index is 12.1. The average molecular weight is 376 g/mol. The van der Waals surface area contributed by atoms with E-state index in [-0.39, 0.29) is 5.91 Å². The second-order valence-electron chi connectivity index (χ2n) is 5.86. The molecule has 0 radical (unpaired) electrons. The fourth-order valence-electron chi connectivity index (χ4n) is 2.50. The minimum absolute atomic E-state index is 0.218. The number of para-hydroxylation sites is 1. The van der Waals surface area contributed by atoms with Crippen LogP contribution in [0.4, 0.5) is 5.69 Å². The Kier molecular flexibility index (Phi) is 4.76. The van der Waals surface area contributed by atoms with E-state index in [0.717, 1.165) is 26.7 Å². The van der Waals surface area contributed by atoms with Gasteiger partial charge < -0.3 is 14.3 Å². The Hall–Kier alpha value is -3.32. The van der Waals surface area contributed by atoms with Crippen LogP contribution in [0.5, 0.6) is 0 Å². The summed E-state index contributed by atoms with van der Waals surface area (Å²) in [6, 6.07) is 17.2. The lowest BCUT2D eigenvalue weighted by Crippen LogP contribution is -2.07. The van der Waals surface area contributed by atoms with Gasteiger partial charge in [0.15, 0.2) is 5.16 Å². The van der Waals surface area contributed by atoms with Gasteiger partial charge in [-0.1, -0.05) is 18.2 Å². The zero-order valence-electron chi connectivity index (χ0n) is 14.5. The van der Waals surface area contributed by atoms with Gasteiger partial charge in [-0.25, -0.2) is 0 Å². The molecule has 4 rings (SSSR count). The highest BCUT2D eigenvalue weighted by molar-refractivity contribution is 7.99. The molecule has 1 N–H and O–H groups in total. The third-order valence-corrected chi connectivity index (χ3v) is 4.90. The third kappa shape index (κ3) is 4.09. The van der Waals surface area contributed by atoms with Gasteiger partial charge in [0, 0.05) is 29.1 Å². The number of fused-ring (bicyclic) bond motifs is 1. The Labute approximate surface area is 159 Å². The number of hydrogen-bond acceptors (Lipinski definition) is 5. The molecule has 134 valence electrons. The molecule has 0 spiro atoms. The van der Waals surface area contributed by atoms with E-state index in [4.69, 9.17) is 4.42 Å². The number of benzene rings is 2. The quantitative estimate of drug-likeness (QED) is 0.524. The van der Waals surface area contributed by atoms with Gasteiger partial charge in [-0.3, -0.25) is 4.79 Å². The fraction of sp³-hybridized carbons (Fsp3) is 0.0500. The molecule has 0 aliphatic rings. The Bertz CT molecular complexity index is 1080. The van der Waals surface area contributed by atoms with E-state index in [9.17, 15) is 4.79 Å². The first-order valence-electron chi connectivity index (χ1n) is 8.27. The van der Waals surface area contributed by atoms with Crippen LogP contribution >= 0.6 is 11.8 Å². The van der Waals surface area contributed by atoms with Crippen molar-refractivity contribution in [2.45, 2.75) is 10.1 Å². The van der Waals surface area contributed by atoms with Crippen molar-refractivity contribution < 1.29 is 9.21 Å². The molecule has 2 aromatic heterocycles. The van der Waals surface area contributed by atoms with Gasteiger partial charge in [-0.15, -0.1) is 10.2 Å². The molecule has 6 nitrogen and oxygen atoms in total. The van der Waals surface area contributed by atoms with Crippen LogP contribution in [0.1, 0.15) is 5.76 Å². The van der Waals surface area contributed by atoms with Crippen molar-refractivity contribution >= 4 is 40.4 Å². The maximum atomic E-state index is 12.1. The summed E-state index contributed by atoms with van der Waals surface area (Å²) in [6.07, 6.45) is 4.78. The molecule has 0 atom stereocenters. The number of rotatable bonds is 5. The monoisotopic (exact) mass is 376 g/mol. The topological polar surface area (TPSA) is 73.0 Å². The van der Waals surface area contributed by atoms with E-state index in [1.54, 1.807) is 12.4 Å². The second kappa shape index (κ2) is 7.51. The highest BCUT2D eigenvalue weighted by Crippen LogP contribution is 2.26. The lowest BCUT2D eigenvalue weighted by molar-refractivity contribution is -0.111. The molecule has 0 bridgehead atoms. The van der Waals surface area contributed by atoms with Crippen LogP contribution in [-0.2, 0) is 11.8 Å². The summed E-state index contributed by atoms with van der Waals surface area (Å²) in [7, 11) is 1.89. The maximum Gasteiger partial charge on any atom is 0.248 e. The number of hydrogen-bond donors (Lipinski definition) is 1. The molecule has 0 unspecified atom stereocenters. The normalized spacial score (nSPS) is 11.3. The largest absolute Gasteiger partial charge is 0.457 e. The van der Waals surface area contributed by atoms with E-state index in [1.165, 1.54) is 17.8 Å². The molecular weight excluding hydrogens is 360 g/mol. The first kappa shape index (κ1) is 17.1. The van der Waals surface area contributed by atoms with Gasteiger partial charge in [-0.05, 0) is 54.2 Å². The van der Waals surface area contributed by atoms with E-state index >= 15 is 0 Å². The van der Waals surface area contributed by atoms with Crippen molar-refractivity contribution in [1.29, 1.82) is 0 Å². The minimum atomic E-state index is -0.218. The van der Waals surface area contributed by atoms with E-state index in [2.05, 4.69) is 15.5 Å². The summed E-state index contributed by atoms with van der Waals surface area (Å²) in [4.78, 5) is 13.1. The molecule has 2 heterocycles. The highest BCUT2D eigenvalue weighted by atomic mass is 32.2. The SMILES string of the molecule is Cn1cnnc1Sc1ccc(NC(=O)/C=C/c2cc3ccccc3o2)cc1. The second-order valence-corrected chi connectivity index (χ2v) is 6.90. The van der Waals surface area contributed by atoms with Crippen molar-refractivity contribution in [2.24, 2.45) is 7.05 Å². The highest BCUT2D eigenvalue weighted by Gasteiger charge is 2.05. The van der Waals surface area contributed by atoms with Crippen LogP contribution in [0.2, 0.25) is 0 Å². The summed E-state index contributed by atoms with van der Waals surface area (Å²) in [5, 5.41) is 12.5. The van der Waals surface area contributed by atoms with Crippen LogP contribution in [-0.4, -0.2) is 20.7 Å². The number of amides is 1. The smallest absolute Gasteiger partial charge is 0.248 e. The van der Waals surface area contributed by atoms with Gasteiger partial charge in [-0.2, -0.15) is 0 Å². The van der Waals surface area contributed by atoms with E-state index < -0.39 is 0 Å². The molecule has 7 heteroatoms. The van der Waals surface area contributed by atoms with Gasteiger partial charge in [0.2, 0.25) is 5.91 Å². The Morgan fingerprint density at radius 1 is 1.19 bits per heavy atom. The van der Waals surface area contributed by atoms with Crippen molar-refractivity contribution in [3.05, 3.63) is 72.8 Å². The molecule has 27 heavy (non-hydrogen) atoms. The Morgan fingerprint density at radius 3 is 2.74 bits per heavy atom. The standard InChI is InChI=1S/C20H16N4O2S/c1-24-13-21-23-20(24)27-17-9-6-15(7-10-17)22-19(25)11-8-16-12-14-4-2-3-5-18(14)26-16/h2-13H,1H3,(H,22,25)/b11-8+. The van der Waals surface area contributed by atoms with Crippen LogP contribution in [0, 0.1) is 0 Å². The number of carbonyl (C=O) groups is 1. The summed E-state index contributed by atoms with van der Waals surface area (Å²) < 4.78 is 7.51. The number of aryl methyl sites for hydroxylation is 1. The first-order chi connectivity index (χ1) is 13.2. The molecular formula is C20H16N4O2S. The molecule has 2 aromatic carbocycles. The number of nitrogens with zero attached hydrogens (tertiary/aromatic N) is 3. The average Bonchev–Trinajstić information content (AvgIpc) is 3.27. The Balaban J connectivity index is 1.38. The van der Waals surface area contributed by atoms with Gasteiger partial charge in [0.05, 0.1) is 0 Å². The molecule has 0 saturated carbocycles. The molecule has 0 aliphatic heterocycles. The van der Waals surface area contributed by atoms with Gasteiger partial charge >= 0.3 is 0 Å². The zero-order chi connectivity index (χ0) is 18.6. The van der Waals surface area contributed by atoms with Crippen molar-refractivity contribution in [1.82, 2.24) is 14.8 Å². The van der Waals surface area contributed by atoms with Gasteiger partial charge in [0.25, 0.3) is 0 Å². The van der Waals surface area contributed by atoms with Crippen molar-refractivity contribution in [2.75, 3.05) is 5.32 Å². The number of carbonyl (C=O) groups excluding carboxylic acids is 1. The van der Waals surface area contributed by atoms with Gasteiger partial charge in [0.1, 0.15) is 17.7 Å². The summed E-state index contributed by atoms with van der Waals surface area (Å²) in [6.45, 7) is 0. The van der Waals surface area contributed by atoms with Crippen molar-refractivity contribution in [3.8, 4) is 0 Å². The lowest BCUT2D eigenvalue weighted by Gasteiger charge is -2.04. The fourth-order valence-corrected chi connectivity index (χ4v) is 3.27. The van der Waals surface area contributed by atoms with E-state index in [0.29, 0.717) is 5.76 Å². The number of anilines is 1.